The zero-order valence-corrected chi connectivity index (χ0v) is 12.3. The third kappa shape index (κ3) is 2.12. The number of carbonyl (C=O) groups is 1. The number of β-amino-alcohol motifs (C(OH)–C–C–N with tert-alkyl or cyclic N) is 1. The van der Waals surface area contributed by atoms with Crippen LogP contribution in [0.15, 0.2) is 22.6 Å². The molecule has 0 bridgehead atoms. The van der Waals surface area contributed by atoms with Crippen LogP contribution in [-0.4, -0.2) is 34.6 Å². The molecule has 0 aliphatic carbocycles. The number of likely N-dealkylation sites (tertiary alicyclic amines) is 1. The Morgan fingerprint density at radius 2 is 2.10 bits per heavy atom. The molecule has 1 saturated heterocycles. The van der Waals surface area contributed by atoms with Crippen LogP contribution in [0.25, 0.3) is 11.0 Å². The summed E-state index contributed by atoms with van der Waals surface area (Å²) in [6.07, 6.45) is 0. The second kappa shape index (κ2) is 4.56. The smallest absolute Gasteiger partial charge is 0.290 e. The van der Waals surface area contributed by atoms with E-state index in [1.807, 2.05) is 13.8 Å². The maximum absolute atomic E-state index is 13.3. The summed E-state index contributed by atoms with van der Waals surface area (Å²) in [5, 5.41) is 10.8. The molecule has 2 aromatic rings. The van der Waals surface area contributed by atoms with Gasteiger partial charge in [-0.05, 0) is 31.0 Å². The van der Waals surface area contributed by atoms with Crippen molar-refractivity contribution in [2.75, 3.05) is 13.1 Å². The van der Waals surface area contributed by atoms with Gasteiger partial charge in [0.2, 0.25) is 0 Å². The monoisotopic (exact) mass is 291 g/mol. The molecular formula is C16H18FNO3. The Kier molecular flexibility index (Phi) is 3.06. The van der Waals surface area contributed by atoms with Gasteiger partial charge in [0.1, 0.15) is 17.0 Å². The first-order valence-corrected chi connectivity index (χ1v) is 7.02. The lowest BCUT2D eigenvalue weighted by atomic mass is 9.83. The van der Waals surface area contributed by atoms with Crippen LogP contribution < -0.4 is 0 Å². The van der Waals surface area contributed by atoms with Crippen molar-refractivity contribution in [3.8, 4) is 0 Å². The van der Waals surface area contributed by atoms with Crippen molar-refractivity contribution >= 4 is 16.9 Å². The number of carbonyl (C=O) groups excluding carboxylic acids is 1. The molecular weight excluding hydrogens is 273 g/mol. The number of benzene rings is 1. The van der Waals surface area contributed by atoms with Gasteiger partial charge in [0.15, 0.2) is 5.76 Å². The van der Waals surface area contributed by atoms with Gasteiger partial charge in [-0.15, -0.1) is 0 Å². The highest BCUT2D eigenvalue weighted by Gasteiger charge is 2.46. The molecule has 4 nitrogen and oxygen atoms in total. The van der Waals surface area contributed by atoms with Crippen molar-refractivity contribution in [1.29, 1.82) is 0 Å². The van der Waals surface area contributed by atoms with Crippen molar-refractivity contribution in [2.24, 2.45) is 5.92 Å². The number of fused-ring (bicyclic) bond motifs is 1. The average molecular weight is 291 g/mol. The number of aryl methyl sites for hydroxylation is 1. The number of rotatable bonds is 2. The van der Waals surface area contributed by atoms with E-state index in [2.05, 4.69) is 0 Å². The fraction of sp³-hybridized carbons (Fsp3) is 0.438. The number of furan rings is 1. The van der Waals surface area contributed by atoms with Gasteiger partial charge in [-0.1, -0.05) is 13.8 Å². The number of halogens is 1. The first-order valence-electron chi connectivity index (χ1n) is 7.02. The predicted molar refractivity (Wildman–Crippen MR) is 76.6 cm³/mol. The Labute approximate surface area is 122 Å². The van der Waals surface area contributed by atoms with Gasteiger partial charge in [0.05, 0.1) is 13.1 Å². The molecule has 1 aliphatic rings. The lowest BCUT2D eigenvalue weighted by molar-refractivity contribution is -0.111. The molecule has 0 radical (unpaired) electrons. The zero-order valence-electron chi connectivity index (χ0n) is 12.3. The molecule has 21 heavy (non-hydrogen) atoms. The van der Waals surface area contributed by atoms with Gasteiger partial charge in [0.25, 0.3) is 5.91 Å². The van der Waals surface area contributed by atoms with Crippen molar-refractivity contribution < 1.29 is 18.7 Å². The van der Waals surface area contributed by atoms with E-state index < -0.39 is 5.60 Å². The van der Waals surface area contributed by atoms with Crippen LogP contribution in [0.5, 0.6) is 0 Å². The third-order valence-corrected chi connectivity index (χ3v) is 4.38. The van der Waals surface area contributed by atoms with E-state index >= 15 is 0 Å². The lowest BCUT2D eigenvalue weighted by Crippen LogP contribution is -2.65. The molecule has 1 aliphatic heterocycles. The summed E-state index contributed by atoms with van der Waals surface area (Å²) in [6, 6.07) is 4.20. The molecule has 1 N–H and O–H groups in total. The quantitative estimate of drug-likeness (QED) is 0.925. The first kappa shape index (κ1) is 14.1. The Hall–Kier alpha value is -1.88. The number of hydrogen-bond donors (Lipinski definition) is 1. The van der Waals surface area contributed by atoms with Crippen LogP contribution in [0.4, 0.5) is 4.39 Å². The van der Waals surface area contributed by atoms with Crippen LogP contribution in [-0.2, 0) is 0 Å². The van der Waals surface area contributed by atoms with Crippen molar-refractivity contribution in [3.05, 3.63) is 35.3 Å². The maximum atomic E-state index is 13.3. The lowest BCUT2D eigenvalue weighted by Gasteiger charge is -2.48. The minimum Gasteiger partial charge on any atom is -0.451 e. The number of nitrogens with zero attached hydrogens (tertiary/aromatic N) is 1. The van der Waals surface area contributed by atoms with Gasteiger partial charge in [-0.3, -0.25) is 4.79 Å². The largest absolute Gasteiger partial charge is 0.451 e. The van der Waals surface area contributed by atoms with Crippen LogP contribution in [0.1, 0.15) is 30.0 Å². The summed E-state index contributed by atoms with van der Waals surface area (Å²) in [6.45, 7) is 6.20. The van der Waals surface area contributed by atoms with Crippen molar-refractivity contribution in [2.45, 2.75) is 26.4 Å². The fourth-order valence-electron chi connectivity index (χ4n) is 2.66. The van der Waals surface area contributed by atoms with E-state index in [-0.39, 0.29) is 23.4 Å². The zero-order chi connectivity index (χ0) is 15.4. The summed E-state index contributed by atoms with van der Waals surface area (Å²) >= 11 is 0. The number of amides is 1. The molecule has 1 amide bonds. The molecule has 2 heterocycles. The highest BCUT2D eigenvalue weighted by molar-refractivity contribution is 5.99. The van der Waals surface area contributed by atoms with Crippen LogP contribution in [0.3, 0.4) is 0 Å². The first-order chi connectivity index (χ1) is 9.82. The van der Waals surface area contributed by atoms with E-state index in [0.717, 1.165) is 0 Å². The van der Waals surface area contributed by atoms with Gasteiger partial charge in [-0.2, -0.15) is 0 Å². The summed E-state index contributed by atoms with van der Waals surface area (Å²) in [7, 11) is 0. The Balaban J connectivity index is 1.88. The molecule has 0 spiro atoms. The van der Waals surface area contributed by atoms with E-state index in [9.17, 15) is 14.3 Å². The molecule has 112 valence electrons. The van der Waals surface area contributed by atoms with Crippen molar-refractivity contribution in [1.82, 2.24) is 4.90 Å². The molecule has 1 aromatic carbocycles. The van der Waals surface area contributed by atoms with Gasteiger partial charge < -0.3 is 14.4 Å². The molecule has 1 fully saturated rings. The maximum Gasteiger partial charge on any atom is 0.290 e. The molecule has 1 aromatic heterocycles. The second-order valence-corrected chi connectivity index (χ2v) is 6.12. The summed E-state index contributed by atoms with van der Waals surface area (Å²) in [5.41, 5.74) is 0.313. The minimum atomic E-state index is -0.818. The topological polar surface area (TPSA) is 53.7 Å². The predicted octanol–water partition coefficient (Wildman–Crippen LogP) is 2.72. The molecule has 5 heteroatoms. The Morgan fingerprint density at radius 1 is 1.43 bits per heavy atom. The van der Waals surface area contributed by atoms with Crippen LogP contribution in [0, 0.1) is 18.7 Å². The number of aliphatic hydroxyl groups is 1. The Morgan fingerprint density at radius 3 is 2.71 bits per heavy atom. The molecule has 0 unspecified atom stereocenters. The summed E-state index contributed by atoms with van der Waals surface area (Å²) in [4.78, 5) is 14.0. The highest BCUT2D eigenvalue weighted by atomic mass is 19.1. The minimum absolute atomic E-state index is 0.0902. The van der Waals surface area contributed by atoms with E-state index in [4.69, 9.17) is 4.42 Å². The Bertz CT molecular complexity index is 714. The molecule has 0 atom stereocenters. The van der Waals surface area contributed by atoms with Gasteiger partial charge in [-0.25, -0.2) is 4.39 Å². The number of hydrogen-bond acceptors (Lipinski definition) is 3. The SMILES string of the molecule is Cc1c(C(=O)N2CC(O)(C(C)C)C2)oc2ccc(F)cc12. The molecule has 0 saturated carbocycles. The van der Waals surface area contributed by atoms with Crippen LogP contribution in [0.2, 0.25) is 0 Å². The second-order valence-electron chi connectivity index (χ2n) is 6.12. The van der Waals surface area contributed by atoms with Gasteiger partial charge >= 0.3 is 0 Å². The van der Waals surface area contributed by atoms with E-state index in [0.29, 0.717) is 29.6 Å². The summed E-state index contributed by atoms with van der Waals surface area (Å²) in [5.74, 6) is -0.299. The standard InChI is InChI=1S/C16H18FNO3/c1-9(2)16(20)7-18(8-16)15(19)14-10(3)12-6-11(17)4-5-13(12)21-14/h4-6,9,20H,7-8H2,1-3H3. The molecule has 3 rings (SSSR count). The van der Waals surface area contributed by atoms with Gasteiger partial charge in [0, 0.05) is 10.9 Å². The normalized spacial score (nSPS) is 17.3. The summed E-state index contributed by atoms with van der Waals surface area (Å²) < 4.78 is 18.8. The van der Waals surface area contributed by atoms with E-state index in [1.54, 1.807) is 11.8 Å². The highest BCUT2D eigenvalue weighted by Crippen LogP contribution is 2.32. The third-order valence-electron chi connectivity index (χ3n) is 4.38. The van der Waals surface area contributed by atoms with Crippen molar-refractivity contribution in [3.63, 3.8) is 0 Å². The average Bonchev–Trinajstić information content (AvgIpc) is 2.71. The van der Waals surface area contributed by atoms with E-state index in [1.165, 1.54) is 18.2 Å². The van der Waals surface area contributed by atoms with Crippen LogP contribution >= 0.6 is 0 Å². The fourth-order valence-corrected chi connectivity index (χ4v) is 2.66.